The molecule has 1 aliphatic carbocycles. The van der Waals surface area contributed by atoms with Crippen molar-refractivity contribution in [2.75, 3.05) is 0 Å². The molecule has 5 heteroatoms. The van der Waals surface area contributed by atoms with E-state index < -0.39 is 0 Å². The molecule has 0 aliphatic heterocycles. The molecule has 1 N–H and O–H groups in total. The molecule has 2 aromatic rings. The van der Waals surface area contributed by atoms with Gasteiger partial charge in [-0.2, -0.15) is 5.26 Å². The van der Waals surface area contributed by atoms with E-state index in [9.17, 15) is 4.79 Å². The number of pyridine rings is 1. The van der Waals surface area contributed by atoms with Gasteiger partial charge in [0.1, 0.15) is 5.75 Å². The molecule has 1 amide bonds. The van der Waals surface area contributed by atoms with Gasteiger partial charge in [-0.25, -0.2) is 0 Å². The average Bonchev–Trinajstić information content (AvgIpc) is 2.73. The highest BCUT2D eigenvalue weighted by molar-refractivity contribution is 5.94. The van der Waals surface area contributed by atoms with Crippen LogP contribution in [-0.2, 0) is 0 Å². The molecule has 0 unspecified atom stereocenters. The third-order valence-corrected chi connectivity index (χ3v) is 5.80. The summed E-state index contributed by atoms with van der Waals surface area (Å²) in [6.07, 6.45) is 5.38. The second-order valence-corrected chi connectivity index (χ2v) is 8.16. The van der Waals surface area contributed by atoms with Crippen LogP contribution in [0.3, 0.4) is 0 Å². The van der Waals surface area contributed by atoms with E-state index in [1.165, 1.54) is 0 Å². The lowest BCUT2D eigenvalue weighted by atomic mass is 9.92. The van der Waals surface area contributed by atoms with Gasteiger partial charge >= 0.3 is 0 Å². The van der Waals surface area contributed by atoms with Crippen LogP contribution in [0.15, 0.2) is 30.5 Å². The van der Waals surface area contributed by atoms with E-state index in [1.54, 1.807) is 6.20 Å². The zero-order chi connectivity index (χ0) is 21.0. The summed E-state index contributed by atoms with van der Waals surface area (Å²) in [6.45, 7) is 8.12. The molecule has 1 aliphatic rings. The lowest BCUT2D eigenvalue weighted by Gasteiger charge is -2.30. The maximum Gasteiger partial charge on any atom is 0.253 e. The summed E-state index contributed by atoms with van der Waals surface area (Å²) in [7, 11) is 0. The molecule has 29 heavy (non-hydrogen) atoms. The molecular weight excluding hydrogens is 362 g/mol. The van der Waals surface area contributed by atoms with E-state index in [-0.39, 0.29) is 19.5 Å². The van der Waals surface area contributed by atoms with Crippen molar-refractivity contribution < 1.29 is 11.0 Å². The second-order valence-electron chi connectivity index (χ2n) is 8.16. The smallest absolute Gasteiger partial charge is 0.253 e. The van der Waals surface area contributed by atoms with Crippen molar-refractivity contribution in [3.05, 3.63) is 58.4 Å². The van der Waals surface area contributed by atoms with Crippen LogP contribution in [0.5, 0.6) is 5.75 Å². The Hall–Kier alpha value is -2.87. The van der Waals surface area contributed by atoms with Gasteiger partial charge < -0.3 is 10.1 Å². The maximum absolute atomic E-state index is 12.5. The van der Waals surface area contributed by atoms with Gasteiger partial charge in [0.05, 0.1) is 23.3 Å². The van der Waals surface area contributed by atoms with Crippen LogP contribution in [0.2, 0.25) is 0 Å². The minimum atomic E-state index is -0.0595. The Kier molecular flexibility index (Phi) is 6.53. The predicted molar refractivity (Wildman–Crippen MR) is 115 cm³/mol. The van der Waals surface area contributed by atoms with Crippen LogP contribution < -0.4 is 10.1 Å². The van der Waals surface area contributed by atoms with Crippen LogP contribution in [0.4, 0.5) is 0 Å². The molecule has 0 radical (unpaired) electrons. The molecule has 1 aromatic carbocycles. The minimum absolute atomic E-state index is 0. The molecule has 0 saturated heterocycles. The van der Waals surface area contributed by atoms with Gasteiger partial charge in [-0.15, -0.1) is 0 Å². The average molecular weight is 394 g/mol. The molecule has 1 heterocycles. The number of hydrogen-bond donors (Lipinski definition) is 1. The number of carbonyl (C=O) groups excluding carboxylic acids is 1. The maximum atomic E-state index is 12.5. The van der Waals surface area contributed by atoms with Crippen LogP contribution >= 0.6 is 0 Å². The van der Waals surface area contributed by atoms with Crippen molar-refractivity contribution in [1.29, 1.82) is 5.26 Å². The molecule has 0 atom stereocenters. The number of amides is 1. The first-order valence-electron chi connectivity index (χ1n) is 10.3. The highest BCUT2D eigenvalue weighted by Gasteiger charge is 2.24. The predicted octanol–water partition coefficient (Wildman–Crippen LogP) is 5.06. The quantitative estimate of drug-likeness (QED) is 0.770. The fraction of sp³-hybridized carbons (Fsp3) is 0.458. The van der Waals surface area contributed by atoms with Crippen molar-refractivity contribution in [3.8, 4) is 11.8 Å². The Labute approximate surface area is 174 Å². The summed E-state index contributed by atoms with van der Waals surface area (Å²) in [5.41, 5.74) is 4.29. The number of nitriles is 1. The molecular formula is C24H31N3O2. The van der Waals surface area contributed by atoms with Gasteiger partial charge in [0, 0.05) is 19.4 Å². The van der Waals surface area contributed by atoms with Gasteiger partial charge in [-0.1, -0.05) is 13.8 Å². The third kappa shape index (κ3) is 4.95. The Bertz CT molecular complexity index is 911. The number of carbonyl (C=O) groups is 1. The number of rotatable bonds is 5. The van der Waals surface area contributed by atoms with Crippen LogP contribution in [0, 0.1) is 25.2 Å². The molecule has 1 saturated carbocycles. The van der Waals surface area contributed by atoms with Crippen LogP contribution in [0.25, 0.3) is 0 Å². The zero-order valence-corrected chi connectivity index (χ0v) is 17.7. The van der Waals surface area contributed by atoms with Crippen LogP contribution in [-0.4, -0.2) is 23.0 Å². The monoisotopic (exact) mass is 393 g/mol. The van der Waals surface area contributed by atoms with Crippen molar-refractivity contribution in [2.45, 2.75) is 71.4 Å². The standard InChI is InChI=1S/C24H29N3O2.H2/c1-15(2)22-11-5-19(14-26-22)24(28)27-20-7-9-21(10-8-20)29-23-12-6-18(13-25)16(3)17(23)4;/h5-6,11-12,14-15,20-21H,7-10H2,1-4H3,(H,27,28);1H. The Morgan fingerprint density at radius 1 is 1.17 bits per heavy atom. The minimum Gasteiger partial charge on any atom is -0.490 e. The van der Waals surface area contributed by atoms with Crippen LogP contribution in [0.1, 0.15) is 79.6 Å². The molecule has 5 nitrogen and oxygen atoms in total. The first-order valence-corrected chi connectivity index (χ1v) is 10.3. The number of nitrogens with one attached hydrogen (secondary N) is 1. The summed E-state index contributed by atoms with van der Waals surface area (Å²) in [5.74, 6) is 1.15. The normalized spacial score (nSPS) is 18.9. The van der Waals surface area contributed by atoms with Crippen molar-refractivity contribution >= 4 is 5.91 Å². The number of nitrogens with zero attached hydrogens (tertiary/aromatic N) is 2. The SMILES string of the molecule is Cc1c(C#N)ccc(OC2CCC(NC(=O)c3ccc(C(C)C)nc3)CC2)c1C.[HH]. The largest absolute Gasteiger partial charge is 0.490 e. The summed E-state index contributed by atoms with van der Waals surface area (Å²) >= 11 is 0. The highest BCUT2D eigenvalue weighted by atomic mass is 16.5. The third-order valence-electron chi connectivity index (χ3n) is 5.80. The van der Waals surface area contributed by atoms with Crippen molar-refractivity contribution in [2.24, 2.45) is 0 Å². The first-order chi connectivity index (χ1) is 13.9. The molecule has 0 bridgehead atoms. The van der Waals surface area contributed by atoms with Gasteiger partial charge in [0.2, 0.25) is 0 Å². The van der Waals surface area contributed by atoms with E-state index in [1.807, 2.05) is 38.1 Å². The number of ether oxygens (including phenoxy) is 1. The summed E-state index contributed by atoms with van der Waals surface area (Å²) in [5, 5.41) is 12.3. The molecule has 0 spiro atoms. The Morgan fingerprint density at radius 3 is 2.48 bits per heavy atom. The lowest BCUT2D eigenvalue weighted by molar-refractivity contribution is 0.0893. The molecule has 154 valence electrons. The fourth-order valence-electron chi connectivity index (χ4n) is 3.70. The van der Waals surface area contributed by atoms with E-state index in [4.69, 9.17) is 10.00 Å². The number of benzene rings is 1. The van der Waals surface area contributed by atoms with Crippen molar-refractivity contribution in [3.63, 3.8) is 0 Å². The second kappa shape index (κ2) is 9.09. The summed E-state index contributed by atoms with van der Waals surface area (Å²) in [4.78, 5) is 16.9. The summed E-state index contributed by atoms with van der Waals surface area (Å²) in [6, 6.07) is 9.86. The van der Waals surface area contributed by atoms with Gasteiger partial charge in [-0.3, -0.25) is 9.78 Å². The van der Waals surface area contributed by atoms with E-state index >= 15 is 0 Å². The Morgan fingerprint density at radius 2 is 1.90 bits per heavy atom. The summed E-state index contributed by atoms with van der Waals surface area (Å²) < 4.78 is 6.21. The van der Waals surface area contributed by atoms with Gasteiger partial charge in [0.15, 0.2) is 0 Å². The Balaban J connectivity index is 0.00000320. The number of aromatic nitrogens is 1. The molecule has 1 aromatic heterocycles. The highest BCUT2D eigenvalue weighted by Crippen LogP contribution is 2.29. The lowest BCUT2D eigenvalue weighted by Crippen LogP contribution is -2.39. The fourth-order valence-corrected chi connectivity index (χ4v) is 3.70. The zero-order valence-electron chi connectivity index (χ0n) is 17.7. The molecule has 1 fully saturated rings. The molecule has 3 rings (SSSR count). The van der Waals surface area contributed by atoms with Crippen molar-refractivity contribution in [1.82, 2.24) is 10.3 Å². The topological polar surface area (TPSA) is 75.0 Å². The van der Waals surface area contributed by atoms with Gasteiger partial charge in [-0.05, 0) is 80.8 Å². The van der Waals surface area contributed by atoms with Gasteiger partial charge in [0.25, 0.3) is 5.91 Å². The van der Waals surface area contributed by atoms with E-state index in [2.05, 4.69) is 30.2 Å². The first kappa shape index (κ1) is 20.9. The number of hydrogen-bond acceptors (Lipinski definition) is 4. The van der Waals surface area contributed by atoms with E-state index in [0.29, 0.717) is 17.0 Å². The van der Waals surface area contributed by atoms with E-state index in [0.717, 1.165) is 48.3 Å².